The summed E-state index contributed by atoms with van der Waals surface area (Å²) < 4.78 is 36.9. The van der Waals surface area contributed by atoms with Crippen LogP contribution in [-0.4, -0.2) is 36.6 Å². The largest absolute Gasteiger partial charge is 0.393 e. The summed E-state index contributed by atoms with van der Waals surface area (Å²) in [7, 11) is 0. The number of piperidine rings is 1. The van der Waals surface area contributed by atoms with Crippen molar-refractivity contribution < 1.29 is 13.2 Å². The third kappa shape index (κ3) is 3.35. The molecule has 0 spiro atoms. The molecule has 1 aliphatic heterocycles. The Labute approximate surface area is 80.8 Å². The van der Waals surface area contributed by atoms with Crippen molar-refractivity contribution in [3.8, 4) is 0 Å². The van der Waals surface area contributed by atoms with Gasteiger partial charge in [0.2, 0.25) is 0 Å². The molecule has 0 aromatic rings. The van der Waals surface area contributed by atoms with Gasteiger partial charge in [0.1, 0.15) is 0 Å². The monoisotopic (exact) mass is 215 g/mol. The van der Waals surface area contributed by atoms with Crippen LogP contribution in [0.2, 0.25) is 0 Å². The molecule has 1 saturated heterocycles. The number of rotatable bonds is 2. The fourth-order valence-electron chi connectivity index (χ4n) is 1.65. The van der Waals surface area contributed by atoms with Gasteiger partial charge in [-0.05, 0) is 19.4 Å². The molecule has 0 aromatic heterocycles. The molecular formula is C8H13ClF3N. The number of nitrogens with zero attached hydrogens (tertiary/aromatic N) is 1. The van der Waals surface area contributed by atoms with Crippen molar-refractivity contribution in [2.75, 3.05) is 25.5 Å². The Bertz CT molecular complexity index is 158. The SMILES string of the molecule is FC(F)(F)C1CCCN(CCCl)C1. The number of likely N-dealkylation sites (tertiary alicyclic amines) is 1. The van der Waals surface area contributed by atoms with Crippen LogP contribution in [0, 0.1) is 5.92 Å². The van der Waals surface area contributed by atoms with Crippen molar-refractivity contribution in [2.45, 2.75) is 19.0 Å². The van der Waals surface area contributed by atoms with Crippen LogP contribution >= 0.6 is 11.6 Å². The van der Waals surface area contributed by atoms with E-state index in [0.717, 1.165) is 6.54 Å². The van der Waals surface area contributed by atoms with Crippen molar-refractivity contribution in [2.24, 2.45) is 5.92 Å². The first-order chi connectivity index (χ1) is 6.04. The minimum absolute atomic E-state index is 0.121. The molecular weight excluding hydrogens is 203 g/mol. The second kappa shape index (κ2) is 4.51. The molecule has 0 aliphatic carbocycles. The lowest BCUT2D eigenvalue weighted by Crippen LogP contribution is -2.42. The van der Waals surface area contributed by atoms with Crippen LogP contribution in [0.25, 0.3) is 0 Å². The summed E-state index contributed by atoms with van der Waals surface area (Å²) in [5.74, 6) is -0.741. The summed E-state index contributed by atoms with van der Waals surface area (Å²) in [6, 6.07) is 0. The third-order valence-corrected chi connectivity index (χ3v) is 2.54. The van der Waals surface area contributed by atoms with Gasteiger partial charge in [-0.1, -0.05) is 0 Å². The Kier molecular flexibility index (Phi) is 3.86. The molecule has 1 unspecified atom stereocenters. The van der Waals surface area contributed by atoms with E-state index in [1.54, 1.807) is 4.90 Å². The van der Waals surface area contributed by atoms with Gasteiger partial charge in [0, 0.05) is 19.0 Å². The van der Waals surface area contributed by atoms with Crippen LogP contribution in [0.1, 0.15) is 12.8 Å². The van der Waals surface area contributed by atoms with Crippen LogP contribution in [0.15, 0.2) is 0 Å². The molecule has 1 rings (SSSR count). The maximum absolute atomic E-state index is 12.3. The molecule has 13 heavy (non-hydrogen) atoms. The molecule has 0 saturated carbocycles. The summed E-state index contributed by atoms with van der Waals surface area (Å²) in [6.45, 7) is 1.43. The summed E-state index contributed by atoms with van der Waals surface area (Å²) in [5, 5.41) is 0. The third-order valence-electron chi connectivity index (χ3n) is 2.37. The zero-order chi connectivity index (χ0) is 9.90. The van der Waals surface area contributed by atoms with Gasteiger partial charge in [-0.15, -0.1) is 11.6 Å². The second-order valence-electron chi connectivity index (χ2n) is 3.37. The number of hydrogen-bond donors (Lipinski definition) is 0. The van der Waals surface area contributed by atoms with Crippen LogP contribution in [-0.2, 0) is 0 Å². The molecule has 5 heteroatoms. The van der Waals surface area contributed by atoms with Gasteiger partial charge in [0.05, 0.1) is 5.92 Å². The fourth-order valence-corrected chi connectivity index (χ4v) is 1.88. The summed E-state index contributed by atoms with van der Waals surface area (Å²) in [5.41, 5.74) is 0. The minimum Gasteiger partial charge on any atom is -0.302 e. The molecule has 0 N–H and O–H groups in total. The highest BCUT2D eigenvalue weighted by Crippen LogP contribution is 2.32. The average Bonchev–Trinajstić information content (AvgIpc) is 2.04. The van der Waals surface area contributed by atoms with E-state index in [4.69, 9.17) is 11.6 Å². The van der Waals surface area contributed by atoms with Crippen molar-refractivity contribution in [3.05, 3.63) is 0 Å². The van der Waals surface area contributed by atoms with Crippen molar-refractivity contribution in [1.82, 2.24) is 4.90 Å². The zero-order valence-corrected chi connectivity index (χ0v) is 8.03. The Morgan fingerprint density at radius 2 is 2.08 bits per heavy atom. The predicted molar refractivity (Wildman–Crippen MR) is 45.9 cm³/mol. The molecule has 0 aromatic carbocycles. The van der Waals surface area contributed by atoms with Gasteiger partial charge >= 0.3 is 6.18 Å². The van der Waals surface area contributed by atoms with Crippen molar-refractivity contribution >= 4 is 11.6 Å². The topological polar surface area (TPSA) is 3.24 Å². The van der Waals surface area contributed by atoms with Crippen molar-refractivity contribution in [3.63, 3.8) is 0 Å². The van der Waals surface area contributed by atoms with Gasteiger partial charge in [-0.25, -0.2) is 0 Å². The maximum Gasteiger partial charge on any atom is 0.393 e. The summed E-state index contributed by atoms with van der Waals surface area (Å²) in [6.07, 6.45) is -3.14. The molecule has 0 bridgehead atoms. The Morgan fingerprint density at radius 3 is 2.62 bits per heavy atom. The Balaban J connectivity index is 2.42. The van der Waals surface area contributed by atoms with E-state index < -0.39 is 12.1 Å². The Hall–Kier alpha value is 0.0400. The van der Waals surface area contributed by atoms with Crippen molar-refractivity contribution in [1.29, 1.82) is 0 Å². The first-order valence-electron chi connectivity index (χ1n) is 4.39. The van der Waals surface area contributed by atoms with Gasteiger partial charge in [0.15, 0.2) is 0 Å². The number of alkyl halides is 4. The molecule has 78 valence electrons. The van der Waals surface area contributed by atoms with Crippen LogP contribution in [0.3, 0.4) is 0 Å². The van der Waals surface area contributed by atoms with E-state index in [-0.39, 0.29) is 13.0 Å². The maximum atomic E-state index is 12.3. The molecule has 1 nitrogen and oxygen atoms in total. The van der Waals surface area contributed by atoms with Gasteiger partial charge in [0.25, 0.3) is 0 Å². The van der Waals surface area contributed by atoms with E-state index in [2.05, 4.69) is 0 Å². The van der Waals surface area contributed by atoms with Crippen LogP contribution in [0.4, 0.5) is 13.2 Å². The van der Waals surface area contributed by atoms with Crippen LogP contribution in [0.5, 0.6) is 0 Å². The lowest BCUT2D eigenvalue weighted by atomic mass is 9.98. The smallest absolute Gasteiger partial charge is 0.302 e. The fraction of sp³-hybridized carbons (Fsp3) is 1.00. The van der Waals surface area contributed by atoms with E-state index in [1.165, 1.54) is 0 Å². The molecule has 0 amide bonds. The number of halogens is 4. The first-order valence-corrected chi connectivity index (χ1v) is 4.92. The van der Waals surface area contributed by atoms with E-state index >= 15 is 0 Å². The first kappa shape index (κ1) is 11.1. The van der Waals surface area contributed by atoms with Gasteiger partial charge < -0.3 is 4.90 Å². The summed E-state index contributed by atoms with van der Waals surface area (Å²) in [4.78, 5) is 1.79. The molecule has 1 aliphatic rings. The lowest BCUT2D eigenvalue weighted by Gasteiger charge is -2.33. The predicted octanol–water partition coefficient (Wildman–Crippen LogP) is 2.50. The molecule has 0 radical (unpaired) electrons. The van der Waals surface area contributed by atoms with Crippen LogP contribution < -0.4 is 0 Å². The Morgan fingerprint density at radius 1 is 1.38 bits per heavy atom. The highest BCUT2D eigenvalue weighted by Gasteiger charge is 2.41. The molecule has 1 atom stereocenters. The normalized spacial score (nSPS) is 26.3. The second-order valence-corrected chi connectivity index (χ2v) is 3.75. The van der Waals surface area contributed by atoms with E-state index in [0.29, 0.717) is 18.8 Å². The average molecular weight is 216 g/mol. The standard InChI is InChI=1S/C8H13ClF3N/c9-3-5-13-4-1-2-7(6-13)8(10,11)12/h7H,1-6H2. The zero-order valence-electron chi connectivity index (χ0n) is 7.28. The molecule has 1 fully saturated rings. The minimum atomic E-state index is -4.04. The van der Waals surface area contributed by atoms with Gasteiger partial charge in [-0.3, -0.25) is 0 Å². The quantitative estimate of drug-likeness (QED) is 0.640. The lowest BCUT2D eigenvalue weighted by molar-refractivity contribution is -0.186. The van der Waals surface area contributed by atoms with E-state index in [9.17, 15) is 13.2 Å². The number of hydrogen-bond acceptors (Lipinski definition) is 1. The van der Waals surface area contributed by atoms with E-state index in [1.807, 2.05) is 0 Å². The highest BCUT2D eigenvalue weighted by molar-refractivity contribution is 6.18. The van der Waals surface area contributed by atoms with Gasteiger partial charge in [-0.2, -0.15) is 13.2 Å². The summed E-state index contributed by atoms with van der Waals surface area (Å²) >= 11 is 5.47. The molecule has 1 heterocycles. The highest BCUT2D eigenvalue weighted by atomic mass is 35.5.